The Kier molecular flexibility index (Phi) is 5.45. The van der Waals surface area contributed by atoms with E-state index in [0.717, 1.165) is 32.4 Å². The van der Waals surface area contributed by atoms with Crippen molar-refractivity contribution < 1.29 is 13.2 Å². The van der Waals surface area contributed by atoms with Crippen molar-refractivity contribution in [3.8, 4) is 0 Å². The van der Waals surface area contributed by atoms with Crippen molar-refractivity contribution in [1.82, 2.24) is 25.1 Å². The number of hydrogen-bond acceptors (Lipinski definition) is 5. The molecule has 8 nitrogen and oxygen atoms in total. The number of piperidine rings is 2. The first-order valence-corrected chi connectivity index (χ1v) is 10.4. The Labute approximate surface area is 148 Å². The number of carbonyl (C=O) groups is 1. The number of amides is 1. The fraction of sp³-hybridized carbons (Fsp3) is 0.750. The molecule has 0 radical (unpaired) electrons. The molecule has 1 aromatic rings. The summed E-state index contributed by atoms with van der Waals surface area (Å²) >= 11 is 0. The van der Waals surface area contributed by atoms with Crippen LogP contribution in [0.5, 0.6) is 0 Å². The lowest BCUT2D eigenvalue weighted by Crippen LogP contribution is -2.51. The van der Waals surface area contributed by atoms with Crippen LogP contribution in [-0.4, -0.2) is 61.0 Å². The van der Waals surface area contributed by atoms with Crippen molar-refractivity contribution in [1.29, 1.82) is 0 Å². The van der Waals surface area contributed by atoms with Crippen LogP contribution >= 0.6 is 0 Å². The summed E-state index contributed by atoms with van der Waals surface area (Å²) in [7, 11) is -3.63. The molecule has 140 valence electrons. The van der Waals surface area contributed by atoms with Gasteiger partial charge >= 0.3 is 0 Å². The number of sulfonamides is 1. The van der Waals surface area contributed by atoms with E-state index in [-0.39, 0.29) is 29.3 Å². The van der Waals surface area contributed by atoms with Crippen molar-refractivity contribution in [2.75, 3.05) is 26.2 Å². The molecule has 9 heteroatoms. The van der Waals surface area contributed by atoms with Crippen LogP contribution in [0, 0.1) is 19.8 Å². The van der Waals surface area contributed by atoms with Gasteiger partial charge in [0.25, 0.3) is 0 Å². The molecule has 0 spiro atoms. The highest BCUT2D eigenvalue weighted by Gasteiger charge is 2.36. The topological polar surface area (TPSA) is 107 Å². The van der Waals surface area contributed by atoms with Gasteiger partial charge in [0.2, 0.25) is 15.9 Å². The Balaban J connectivity index is 1.69. The Morgan fingerprint density at radius 2 is 2.08 bits per heavy atom. The fourth-order valence-corrected chi connectivity index (χ4v) is 5.57. The van der Waals surface area contributed by atoms with E-state index >= 15 is 0 Å². The van der Waals surface area contributed by atoms with E-state index in [0.29, 0.717) is 24.4 Å². The average molecular weight is 369 g/mol. The van der Waals surface area contributed by atoms with Gasteiger partial charge in [-0.15, -0.1) is 0 Å². The number of hydrogen-bond donors (Lipinski definition) is 3. The molecule has 25 heavy (non-hydrogen) atoms. The predicted molar refractivity (Wildman–Crippen MR) is 93.6 cm³/mol. The SMILES string of the molecule is Cc1n[nH]c(C)c1S(=O)(=O)N1CCCC(C(=O)NC2CCCNC2)C1. The van der Waals surface area contributed by atoms with Crippen LogP contribution in [0.3, 0.4) is 0 Å². The summed E-state index contributed by atoms with van der Waals surface area (Å²) in [5.74, 6) is -0.327. The zero-order valence-corrected chi connectivity index (χ0v) is 15.7. The van der Waals surface area contributed by atoms with Gasteiger partial charge in [0.05, 0.1) is 17.3 Å². The smallest absolute Gasteiger partial charge is 0.246 e. The largest absolute Gasteiger partial charge is 0.352 e. The number of nitrogens with zero attached hydrogens (tertiary/aromatic N) is 2. The summed E-state index contributed by atoms with van der Waals surface area (Å²) in [4.78, 5) is 12.8. The second-order valence-electron chi connectivity index (χ2n) is 7.02. The summed E-state index contributed by atoms with van der Waals surface area (Å²) in [5.41, 5.74) is 1.01. The van der Waals surface area contributed by atoms with Gasteiger partial charge < -0.3 is 10.6 Å². The normalized spacial score (nSPS) is 25.7. The van der Waals surface area contributed by atoms with Gasteiger partial charge in [-0.1, -0.05) is 0 Å². The number of aryl methyl sites for hydroxylation is 2. The van der Waals surface area contributed by atoms with E-state index in [9.17, 15) is 13.2 Å². The Morgan fingerprint density at radius 1 is 1.28 bits per heavy atom. The van der Waals surface area contributed by atoms with Crippen LogP contribution in [0.25, 0.3) is 0 Å². The standard InChI is InChI=1S/C16H27N5O3S/c1-11-15(12(2)20-19-11)25(23,24)21-8-4-5-13(10-21)16(22)18-14-6-3-7-17-9-14/h13-14,17H,3-10H2,1-2H3,(H,18,22)(H,19,20). The third-order valence-corrected chi connectivity index (χ3v) is 7.19. The third kappa shape index (κ3) is 3.88. The van der Waals surface area contributed by atoms with Gasteiger partial charge in [0.15, 0.2) is 0 Å². The minimum absolute atomic E-state index is 0.0331. The monoisotopic (exact) mass is 369 g/mol. The van der Waals surface area contributed by atoms with Crippen LogP contribution in [0.1, 0.15) is 37.1 Å². The summed E-state index contributed by atoms with van der Waals surface area (Å²) in [6.07, 6.45) is 3.44. The molecule has 0 bridgehead atoms. The van der Waals surface area contributed by atoms with E-state index in [4.69, 9.17) is 0 Å². The molecule has 3 N–H and O–H groups in total. The van der Waals surface area contributed by atoms with Gasteiger partial charge in [0.1, 0.15) is 4.90 Å². The lowest BCUT2D eigenvalue weighted by molar-refractivity contribution is -0.126. The van der Waals surface area contributed by atoms with Gasteiger partial charge in [-0.2, -0.15) is 9.40 Å². The lowest BCUT2D eigenvalue weighted by atomic mass is 9.97. The van der Waals surface area contributed by atoms with Gasteiger partial charge in [-0.3, -0.25) is 9.89 Å². The quantitative estimate of drug-likeness (QED) is 0.707. The second kappa shape index (κ2) is 7.43. The highest BCUT2D eigenvalue weighted by Crippen LogP contribution is 2.27. The van der Waals surface area contributed by atoms with Crippen molar-refractivity contribution in [3.05, 3.63) is 11.4 Å². The van der Waals surface area contributed by atoms with Crippen LogP contribution < -0.4 is 10.6 Å². The van der Waals surface area contributed by atoms with E-state index in [1.807, 2.05) is 0 Å². The maximum absolute atomic E-state index is 13.0. The van der Waals surface area contributed by atoms with Crippen molar-refractivity contribution in [2.24, 2.45) is 5.92 Å². The molecular weight excluding hydrogens is 342 g/mol. The summed E-state index contributed by atoms with van der Waals surface area (Å²) in [5, 5.41) is 13.1. The van der Waals surface area contributed by atoms with Gasteiger partial charge in [-0.05, 0) is 46.1 Å². The molecule has 2 aliphatic rings. The zero-order valence-electron chi connectivity index (χ0n) is 14.8. The average Bonchev–Trinajstić information content (AvgIpc) is 2.95. The number of H-pyrrole nitrogens is 1. The molecule has 1 amide bonds. The Morgan fingerprint density at radius 3 is 2.72 bits per heavy atom. The molecule has 2 atom stereocenters. The minimum atomic E-state index is -3.63. The predicted octanol–water partition coefficient (Wildman–Crippen LogP) is 0.295. The molecule has 3 rings (SSSR count). The van der Waals surface area contributed by atoms with Crippen molar-refractivity contribution in [3.63, 3.8) is 0 Å². The summed E-state index contributed by atoms with van der Waals surface area (Å²) in [6, 6.07) is 0.145. The molecule has 1 aromatic heterocycles. The molecule has 0 aliphatic carbocycles. The highest BCUT2D eigenvalue weighted by molar-refractivity contribution is 7.89. The molecule has 0 aromatic carbocycles. The Hall–Kier alpha value is -1.45. The Bertz CT molecular complexity index is 705. The number of rotatable bonds is 4. The maximum atomic E-state index is 13.0. The van der Waals surface area contributed by atoms with E-state index in [1.165, 1.54) is 4.31 Å². The fourth-order valence-electron chi connectivity index (χ4n) is 3.72. The van der Waals surface area contributed by atoms with Crippen LogP contribution in [0.4, 0.5) is 0 Å². The van der Waals surface area contributed by atoms with Crippen LogP contribution in [0.15, 0.2) is 4.90 Å². The molecule has 2 aliphatic heterocycles. The number of aromatic nitrogens is 2. The molecule has 2 saturated heterocycles. The van der Waals surface area contributed by atoms with Crippen LogP contribution in [-0.2, 0) is 14.8 Å². The first-order chi connectivity index (χ1) is 11.9. The van der Waals surface area contributed by atoms with Crippen LogP contribution in [0.2, 0.25) is 0 Å². The summed E-state index contributed by atoms with van der Waals surface area (Å²) in [6.45, 7) is 5.84. The van der Waals surface area contributed by atoms with E-state index in [1.54, 1.807) is 13.8 Å². The molecule has 2 fully saturated rings. The first-order valence-electron chi connectivity index (χ1n) is 8.92. The van der Waals surface area contributed by atoms with E-state index < -0.39 is 10.0 Å². The summed E-state index contributed by atoms with van der Waals surface area (Å²) < 4.78 is 27.4. The first kappa shape index (κ1) is 18.3. The molecular formula is C16H27N5O3S. The molecule has 2 unspecified atom stereocenters. The number of nitrogens with one attached hydrogen (secondary N) is 3. The number of aromatic amines is 1. The van der Waals surface area contributed by atoms with Crippen molar-refractivity contribution >= 4 is 15.9 Å². The van der Waals surface area contributed by atoms with Crippen molar-refractivity contribution in [2.45, 2.75) is 50.5 Å². The number of carbonyl (C=O) groups excluding carboxylic acids is 1. The second-order valence-corrected chi connectivity index (χ2v) is 8.89. The lowest BCUT2D eigenvalue weighted by Gasteiger charge is -2.33. The molecule has 0 saturated carbocycles. The highest BCUT2D eigenvalue weighted by atomic mass is 32.2. The zero-order chi connectivity index (χ0) is 18.0. The molecule has 3 heterocycles. The minimum Gasteiger partial charge on any atom is -0.352 e. The van der Waals surface area contributed by atoms with Gasteiger partial charge in [-0.25, -0.2) is 8.42 Å². The third-order valence-electron chi connectivity index (χ3n) is 5.06. The van der Waals surface area contributed by atoms with E-state index in [2.05, 4.69) is 20.8 Å². The maximum Gasteiger partial charge on any atom is 0.246 e. The van der Waals surface area contributed by atoms with Gasteiger partial charge in [0, 0.05) is 25.7 Å².